The Hall–Kier alpha value is 0.0969. The predicted molar refractivity (Wildman–Crippen MR) is 65.3 cm³/mol. The summed E-state index contributed by atoms with van der Waals surface area (Å²) in [6.45, 7) is 12.0. The predicted octanol–water partition coefficient (Wildman–Crippen LogP) is 2.03. The normalized spacial score (nSPS) is 29.8. The fourth-order valence-corrected chi connectivity index (χ4v) is 2.90. The fourth-order valence-electron chi connectivity index (χ4n) is 1.59. The molecular weight excluding hydrogens is 206 g/mol. The summed E-state index contributed by atoms with van der Waals surface area (Å²) in [5.41, 5.74) is 0. The van der Waals surface area contributed by atoms with Crippen molar-refractivity contribution in [3.8, 4) is 0 Å². The molecule has 1 fully saturated rings. The number of hydrogen-bond donors (Lipinski definition) is 1. The fraction of sp³-hybridized carbons (Fsp3) is 1.00. The van der Waals surface area contributed by atoms with Crippen molar-refractivity contribution < 1.29 is 9.53 Å². The minimum absolute atomic E-state index is 0.112. The van der Waals surface area contributed by atoms with Gasteiger partial charge in [0.15, 0.2) is 8.32 Å². The Balaban J connectivity index is 2.62. The Bertz CT molecular complexity index is 225. The van der Waals surface area contributed by atoms with Gasteiger partial charge in [-0.05, 0) is 25.2 Å². The van der Waals surface area contributed by atoms with E-state index in [9.17, 15) is 5.11 Å². The zero-order valence-electron chi connectivity index (χ0n) is 10.9. The highest BCUT2D eigenvalue weighted by Gasteiger charge is 2.42. The van der Waals surface area contributed by atoms with Crippen LogP contribution in [0, 0.1) is 0 Å². The van der Waals surface area contributed by atoms with Crippen molar-refractivity contribution in [3.05, 3.63) is 0 Å². The number of likely N-dealkylation sites (tertiary alicyclic amines) is 1. The lowest BCUT2D eigenvalue weighted by atomic mass is 10.2. The maximum atomic E-state index is 9.56. The SMILES string of the molecule is CN1C[C@H](O)C[C@@H]1O[Si](C)(C)C(C)(C)C. The summed E-state index contributed by atoms with van der Waals surface area (Å²) in [5.74, 6) is 0. The van der Waals surface area contributed by atoms with Gasteiger partial charge in [0.25, 0.3) is 0 Å². The molecular formula is C11H25NO2Si. The summed E-state index contributed by atoms with van der Waals surface area (Å²) in [4.78, 5) is 2.12. The third-order valence-corrected chi connectivity index (χ3v) is 8.17. The van der Waals surface area contributed by atoms with Gasteiger partial charge in [-0.3, -0.25) is 4.90 Å². The monoisotopic (exact) mass is 231 g/mol. The topological polar surface area (TPSA) is 32.7 Å². The van der Waals surface area contributed by atoms with Crippen molar-refractivity contribution >= 4 is 8.32 Å². The van der Waals surface area contributed by atoms with Crippen molar-refractivity contribution in [2.75, 3.05) is 13.6 Å². The zero-order chi connectivity index (χ0) is 11.9. The number of likely N-dealkylation sites (N-methyl/N-ethyl adjacent to an activating group) is 1. The highest BCUT2D eigenvalue weighted by atomic mass is 28.4. The number of nitrogens with zero attached hydrogens (tertiary/aromatic N) is 1. The average molecular weight is 231 g/mol. The van der Waals surface area contributed by atoms with Gasteiger partial charge >= 0.3 is 0 Å². The highest BCUT2D eigenvalue weighted by molar-refractivity contribution is 6.74. The molecule has 15 heavy (non-hydrogen) atoms. The van der Waals surface area contributed by atoms with Gasteiger partial charge in [0.2, 0.25) is 0 Å². The second kappa shape index (κ2) is 4.16. The van der Waals surface area contributed by atoms with Crippen LogP contribution < -0.4 is 0 Å². The zero-order valence-corrected chi connectivity index (χ0v) is 11.9. The molecule has 90 valence electrons. The molecule has 1 rings (SSSR count). The van der Waals surface area contributed by atoms with Crippen LogP contribution in [0.1, 0.15) is 27.2 Å². The van der Waals surface area contributed by atoms with Crippen LogP contribution >= 0.6 is 0 Å². The van der Waals surface area contributed by atoms with Gasteiger partial charge < -0.3 is 9.53 Å². The van der Waals surface area contributed by atoms with E-state index >= 15 is 0 Å². The van der Waals surface area contributed by atoms with E-state index in [-0.39, 0.29) is 17.4 Å². The van der Waals surface area contributed by atoms with E-state index in [4.69, 9.17) is 4.43 Å². The van der Waals surface area contributed by atoms with Crippen LogP contribution in [0.15, 0.2) is 0 Å². The molecule has 0 aromatic carbocycles. The van der Waals surface area contributed by atoms with E-state index in [0.717, 1.165) is 13.0 Å². The minimum Gasteiger partial charge on any atom is -0.401 e. The first-order valence-corrected chi connectivity index (χ1v) is 8.60. The maximum Gasteiger partial charge on any atom is 0.194 e. The van der Waals surface area contributed by atoms with E-state index in [1.807, 2.05) is 7.05 Å². The molecule has 0 saturated carbocycles. The number of hydrogen-bond acceptors (Lipinski definition) is 3. The molecule has 0 aliphatic carbocycles. The van der Waals surface area contributed by atoms with E-state index in [0.29, 0.717) is 0 Å². The van der Waals surface area contributed by atoms with Crippen molar-refractivity contribution in [3.63, 3.8) is 0 Å². The lowest BCUT2D eigenvalue weighted by Gasteiger charge is -2.39. The van der Waals surface area contributed by atoms with Crippen LogP contribution in [-0.2, 0) is 4.43 Å². The van der Waals surface area contributed by atoms with E-state index in [1.54, 1.807) is 0 Å². The highest BCUT2D eigenvalue weighted by Crippen LogP contribution is 2.38. The lowest BCUT2D eigenvalue weighted by molar-refractivity contribution is 0.0665. The van der Waals surface area contributed by atoms with Gasteiger partial charge in [0, 0.05) is 13.0 Å². The third kappa shape index (κ3) is 3.03. The molecule has 0 radical (unpaired) electrons. The van der Waals surface area contributed by atoms with Crippen molar-refractivity contribution in [1.29, 1.82) is 0 Å². The van der Waals surface area contributed by atoms with Crippen LogP contribution in [0.2, 0.25) is 18.1 Å². The summed E-state index contributed by atoms with van der Waals surface area (Å²) >= 11 is 0. The molecule has 0 aromatic rings. The maximum absolute atomic E-state index is 9.56. The molecule has 0 aromatic heterocycles. The van der Waals surface area contributed by atoms with Crippen molar-refractivity contribution in [2.45, 2.75) is 57.7 Å². The number of aliphatic hydroxyl groups is 1. The molecule has 1 N–H and O–H groups in total. The summed E-state index contributed by atoms with van der Waals surface area (Å²) in [5, 5.41) is 9.80. The summed E-state index contributed by atoms with van der Waals surface area (Å²) in [6.07, 6.45) is 0.647. The van der Waals surface area contributed by atoms with Crippen LogP contribution in [-0.4, -0.2) is 44.2 Å². The molecule has 2 atom stereocenters. The Morgan fingerprint density at radius 1 is 1.33 bits per heavy atom. The Morgan fingerprint density at radius 2 is 1.87 bits per heavy atom. The molecule has 0 unspecified atom stereocenters. The lowest BCUT2D eigenvalue weighted by Crippen LogP contribution is -2.46. The quantitative estimate of drug-likeness (QED) is 0.738. The van der Waals surface area contributed by atoms with E-state index in [1.165, 1.54) is 0 Å². The van der Waals surface area contributed by atoms with E-state index in [2.05, 4.69) is 38.8 Å². The van der Waals surface area contributed by atoms with Gasteiger partial charge in [-0.1, -0.05) is 20.8 Å². The third-order valence-electron chi connectivity index (χ3n) is 3.70. The first kappa shape index (κ1) is 13.2. The van der Waals surface area contributed by atoms with E-state index < -0.39 is 8.32 Å². The summed E-state index contributed by atoms with van der Waals surface area (Å²) in [7, 11) is 0.328. The number of rotatable bonds is 2. The molecule has 0 spiro atoms. The first-order valence-electron chi connectivity index (χ1n) is 5.69. The molecule has 1 aliphatic heterocycles. The first-order chi connectivity index (χ1) is 6.63. The minimum atomic E-state index is -1.69. The second-order valence-corrected chi connectivity index (χ2v) is 10.9. The Morgan fingerprint density at radius 3 is 2.20 bits per heavy atom. The van der Waals surface area contributed by atoms with Gasteiger partial charge in [-0.2, -0.15) is 0 Å². The van der Waals surface area contributed by atoms with Gasteiger partial charge in [0.05, 0.1) is 6.10 Å². The van der Waals surface area contributed by atoms with Crippen LogP contribution in [0.4, 0.5) is 0 Å². The number of β-amino-alcohol motifs (C(OH)–C–C–N with tert-alkyl or cyclic N) is 1. The van der Waals surface area contributed by atoms with Crippen LogP contribution in [0.25, 0.3) is 0 Å². The second-order valence-electron chi connectivity index (χ2n) is 6.16. The van der Waals surface area contributed by atoms with Crippen LogP contribution in [0.3, 0.4) is 0 Å². The molecule has 1 saturated heterocycles. The molecule has 0 amide bonds. The number of aliphatic hydroxyl groups excluding tert-OH is 1. The largest absolute Gasteiger partial charge is 0.401 e. The average Bonchev–Trinajstić information content (AvgIpc) is 2.26. The standard InChI is InChI=1S/C11H25NO2Si/c1-11(2,3)15(5,6)14-10-7-9(13)8-12(10)4/h9-10,13H,7-8H2,1-6H3/t9-,10+/m1/s1. The molecule has 0 bridgehead atoms. The summed E-state index contributed by atoms with van der Waals surface area (Å²) in [6, 6.07) is 0. The van der Waals surface area contributed by atoms with Gasteiger partial charge in [-0.25, -0.2) is 0 Å². The molecule has 1 heterocycles. The van der Waals surface area contributed by atoms with Crippen molar-refractivity contribution in [1.82, 2.24) is 4.90 Å². The molecule has 3 nitrogen and oxygen atoms in total. The van der Waals surface area contributed by atoms with Crippen LogP contribution in [0.5, 0.6) is 0 Å². The Labute approximate surface area is 94.6 Å². The van der Waals surface area contributed by atoms with Gasteiger partial charge in [0.1, 0.15) is 6.23 Å². The smallest absolute Gasteiger partial charge is 0.194 e. The molecule has 1 aliphatic rings. The van der Waals surface area contributed by atoms with Crippen molar-refractivity contribution in [2.24, 2.45) is 0 Å². The van der Waals surface area contributed by atoms with Gasteiger partial charge in [-0.15, -0.1) is 0 Å². The molecule has 4 heteroatoms. The Kier molecular flexibility index (Phi) is 3.65. The summed E-state index contributed by atoms with van der Waals surface area (Å²) < 4.78 is 6.25.